The smallest absolute Gasteiger partial charge is 0.224 e. The minimum absolute atomic E-state index is 0.244. The first kappa shape index (κ1) is 10.7. The summed E-state index contributed by atoms with van der Waals surface area (Å²) in [6.07, 6.45) is 6.71. The molecule has 1 aromatic heterocycles. The van der Waals surface area contributed by atoms with Gasteiger partial charge in [-0.2, -0.15) is 0 Å². The molecule has 0 amide bonds. The third kappa shape index (κ3) is 1.30. The molecule has 2 fully saturated rings. The van der Waals surface area contributed by atoms with E-state index < -0.39 is 0 Å². The monoisotopic (exact) mass is 263 g/mol. The maximum Gasteiger partial charge on any atom is 0.224 e. The standard InChI is InChI=1S/C13H14ClN3O/c14-12-15-6-8-4-10(18)13(17-11(8)16-12)5-7-1-2-9(13)3-7/h6-7,9H,1-5H2,(H,15,16,17). The zero-order valence-electron chi connectivity index (χ0n) is 9.95. The van der Waals surface area contributed by atoms with Gasteiger partial charge in [0, 0.05) is 18.2 Å². The molecule has 18 heavy (non-hydrogen) atoms. The molecule has 3 aliphatic rings. The molecule has 1 aromatic rings. The number of aromatic nitrogens is 2. The molecule has 5 heteroatoms. The van der Waals surface area contributed by atoms with Crippen LogP contribution in [0.2, 0.25) is 5.28 Å². The lowest BCUT2D eigenvalue weighted by Gasteiger charge is -2.40. The van der Waals surface area contributed by atoms with E-state index in [1.54, 1.807) is 6.20 Å². The first-order valence-electron chi connectivity index (χ1n) is 6.50. The summed E-state index contributed by atoms with van der Waals surface area (Å²) in [4.78, 5) is 20.7. The van der Waals surface area contributed by atoms with Gasteiger partial charge in [0.25, 0.3) is 0 Å². The maximum atomic E-state index is 12.5. The fourth-order valence-corrected chi connectivity index (χ4v) is 4.19. The van der Waals surface area contributed by atoms with Crippen molar-refractivity contribution in [3.8, 4) is 0 Å². The number of Topliss-reactive ketones (excluding diaryl/α,β-unsaturated/α-hetero) is 1. The Bertz CT molecular complexity index is 547. The number of nitrogens with zero attached hydrogens (tertiary/aromatic N) is 2. The molecule has 4 rings (SSSR count). The highest BCUT2D eigenvalue weighted by Gasteiger charge is 2.56. The fraction of sp³-hybridized carbons (Fsp3) is 0.615. The molecule has 3 atom stereocenters. The van der Waals surface area contributed by atoms with Crippen LogP contribution in [0.25, 0.3) is 0 Å². The van der Waals surface area contributed by atoms with Crippen LogP contribution in [0.3, 0.4) is 0 Å². The Morgan fingerprint density at radius 2 is 2.33 bits per heavy atom. The van der Waals surface area contributed by atoms with Crippen LogP contribution in [0.4, 0.5) is 5.82 Å². The highest BCUT2D eigenvalue weighted by molar-refractivity contribution is 6.28. The minimum atomic E-state index is -0.354. The number of hydrogen-bond acceptors (Lipinski definition) is 4. The van der Waals surface area contributed by atoms with Crippen molar-refractivity contribution in [2.45, 2.75) is 37.6 Å². The van der Waals surface area contributed by atoms with Crippen molar-refractivity contribution in [1.29, 1.82) is 0 Å². The second-order valence-corrected chi connectivity index (χ2v) is 6.13. The average Bonchev–Trinajstić information content (AvgIpc) is 2.92. The van der Waals surface area contributed by atoms with E-state index in [-0.39, 0.29) is 10.8 Å². The molecule has 1 aliphatic heterocycles. The first-order valence-corrected chi connectivity index (χ1v) is 6.88. The topological polar surface area (TPSA) is 54.9 Å². The van der Waals surface area contributed by atoms with Crippen LogP contribution in [0.5, 0.6) is 0 Å². The van der Waals surface area contributed by atoms with Gasteiger partial charge in [0.05, 0.1) is 0 Å². The number of nitrogens with one attached hydrogen (secondary N) is 1. The molecule has 0 aromatic carbocycles. The predicted molar refractivity (Wildman–Crippen MR) is 67.6 cm³/mol. The number of rotatable bonds is 0. The molecule has 0 saturated heterocycles. The number of anilines is 1. The number of halogens is 1. The summed E-state index contributed by atoms with van der Waals surface area (Å²) in [7, 11) is 0. The van der Waals surface area contributed by atoms with E-state index in [4.69, 9.17) is 11.6 Å². The SMILES string of the molecule is O=C1Cc2cnc(Cl)nc2NC12CC1CCC2C1. The van der Waals surface area contributed by atoms with Crippen molar-refractivity contribution in [3.63, 3.8) is 0 Å². The van der Waals surface area contributed by atoms with Crippen LogP contribution >= 0.6 is 11.6 Å². The van der Waals surface area contributed by atoms with Gasteiger partial charge < -0.3 is 5.32 Å². The van der Waals surface area contributed by atoms with E-state index >= 15 is 0 Å². The second-order valence-electron chi connectivity index (χ2n) is 5.79. The van der Waals surface area contributed by atoms with Gasteiger partial charge in [-0.25, -0.2) is 9.97 Å². The average molecular weight is 264 g/mol. The first-order chi connectivity index (χ1) is 8.67. The lowest BCUT2D eigenvalue weighted by molar-refractivity contribution is -0.124. The van der Waals surface area contributed by atoms with Gasteiger partial charge in [-0.1, -0.05) is 0 Å². The third-order valence-electron chi connectivity index (χ3n) is 4.87. The Labute approximate surface area is 110 Å². The highest BCUT2D eigenvalue weighted by Crippen LogP contribution is 2.54. The predicted octanol–water partition coefficient (Wildman–Crippen LogP) is 2.23. The van der Waals surface area contributed by atoms with Gasteiger partial charge in [-0.15, -0.1) is 0 Å². The normalized spacial score (nSPS) is 36.8. The van der Waals surface area contributed by atoms with Crippen molar-refractivity contribution in [1.82, 2.24) is 9.97 Å². The quantitative estimate of drug-likeness (QED) is 0.730. The lowest BCUT2D eigenvalue weighted by Crippen LogP contribution is -2.54. The second kappa shape index (κ2) is 3.44. The van der Waals surface area contributed by atoms with Crippen molar-refractivity contribution < 1.29 is 4.79 Å². The molecular formula is C13H14ClN3O. The van der Waals surface area contributed by atoms with Crippen LogP contribution in [0.15, 0.2) is 6.20 Å². The summed E-state index contributed by atoms with van der Waals surface area (Å²) in [6.45, 7) is 0. The molecular weight excluding hydrogens is 250 g/mol. The molecule has 3 unspecified atom stereocenters. The summed E-state index contributed by atoms with van der Waals surface area (Å²) in [6, 6.07) is 0. The zero-order chi connectivity index (χ0) is 12.3. The summed E-state index contributed by atoms with van der Waals surface area (Å²) in [5.41, 5.74) is 0.519. The highest BCUT2D eigenvalue weighted by atomic mass is 35.5. The number of fused-ring (bicyclic) bond motifs is 4. The maximum absolute atomic E-state index is 12.5. The molecule has 2 aliphatic carbocycles. The van der Waals surface area contributed by atoms with E-state index in [2.05, 4.69) is 15.3 Å². The molecule has 4 nitrogen and oxygen atoms in total. The Hall–Kier alpha value is -1.16. The van der Waals surface area contributed by atoms with Crippen LogP contribution in [-0.2, 0) is 11.2 Å². The van der Waals surface area contributed by atoms with Crippen LogP contribution in [0, 0.1) is 11.8 Å². The number of carbonyl (C=O) groups excluding carboxylic acids is 1. The van der Waals surface area contributed by atoms with Gasteiger partial charge in [0.1, 0.15) is 11.4 Å². The number of carbonyl (C=O) groups is 1. The Kier molecular flexibility index (Phi) is 2.05. The summed E-state index contributed by atoms with van der Waals surface area (Å²) in [5.74, 6) is 2.28. The lowest BCUT2D eigenvalue weighted by atomic mass is 9.74. The molecule has 94 valence electrons. The van der Waals surface area contributed by atoms with E-state index in [1.807, 2.05) is 0 Å². The summed E-state index contributed by atoms with van der Waals surface area (Å²) < 4.78 is 0. The number of hydrogen-bond donors (Lipinski definition) is 1. The van der Waals surface area contributed by atoms with Crippen LogP contribution in [-0.4, -0.2) is 21.3 Å². The van der Waals surface area contributed by atoms with Crippen molar-refractivity contribution in [2.75, 3.05) is 5.32 Å². The minimum Gasteiger partial charge on any atom is -0.357 e. The van der Waals surface area contributed by atoms with Gasteiger partial charge >= 0.3 is 0 Å². The van der Waals surface area contributed by atoms with Crippen LogP contribution in [0.1, 0.15) is 31.2 Å². The van der Waals surface area contributed by atoms with Crippen molar-refractivity contribution in [3.05, 3.63) is 17.0 Å². The Balaban J connectivity index is 1.78. The summed E-state index contributed by atoms with van der Waals surface area (Å²) >= 11 is 5.84. The molecule has 2 bridgehead atoms. The van der Waals surface area contributed by atoms with E-state index in [0.29, 0.717) is 24.0 Å². The molecule has 1 N–H and O–H groups in total. The van der Waals surface area contributed by atoms with Gasteiger partial charge in [0.2, 0.25) is 5.28 Å². The zero-order valence-corrected chi connectivity index (χ0v) is 10.7. The van der Waals surface area contributed by atoms with E-state index in [1.165, 1.54) is 12.8 Å². The fourth-order valence-electron chi connectivity index (χ4n) is 4.06. The Morgan fingerprint density at radius 1 is 1.44 bits per heavy atom. The van der Waals surface area contributed by atoms with Crippen molar-refractivity contribution >= 4 is 23.2 Å². The van der Waals surface area contributed by atoms with E-state index in [9.17, 15) is 4.79 Å². The third-order valence-corrected chi connectivity index (χ3v) is 5.06. The largest absolute Gasteiger partial charge is 0.357 e. The molecule has 1 spiro atoms. The number of ketones is 1. The van der Waals surface area contributed by atoms with Gasteiger partial charge in [0.15, 0.2) is 5.78 Å². The van der Waals surface area contributed by atoms with Gasteiger partial charge in [-0.3, -0.25) is 4.79 Å². The summed E-state index contributed by atoms with van der Waals surface area (Å²) in [5, 5.41) is 3.65. The van der Waals surface area contributed by atoms with E-state index in [0.717, 1.165) is 24.2 Å². The molecule has 2 heterocycles. The molecule has 0 radical (unpaired) electrons. The van der Waals surface area contributed by atoms with Crippen LogP contribution < -0.4 is 5.32 Å². The molecule has 2 saturated carbocycles. The Morgan fingerprint density at radius 3 is 3.06 bits per heavy atom. The van der Waals surface area contributed by atoms with Crippen molar-refractivity contribution in [2.24, 2.45) is 11.8 Å². The van der Waals surface area contributed by atoms with Gasteiger partial charge in [-0.05, 0) is 49.1 Å².